The van der Waals surface area contributed by atoms with Gasteiger partial charge in [0.15, 0.2) is 0 Å². The van der Waals surface area contributed by atoms with Crippen molar-refractivity contribution in [2.24, 2.45) is 0 Å². The number of morpholine rings is 1. The maximum atomic E-state index is 13.1. The van der Waals surface area contributed by atoms with Gasteiger partial charge < -0.3 is 20.1 Å². The van der Waals surface area contributed by atoms with E-state index in [9.17, 15) is 4.79 Å². The predicted octanol–water partition coefficient (Wildman–Crippen LogP) is 6.08. The quantitative estimate of drug-likeness (QED) is 0.317. The zero-order valence-corrected chi connectivity index (χ0v) is 23.0. The maximum absolute atomic E-state index is 13.1. The summed E-state index contributed by atoms with van der Waals surface area (Å²) in [4.78, 5) is 24.7. The molecule has 0 radical (unpaired) electrons. The Morgan fingerprint density at radius 1 is 0.949 bits per heavy atom. The molecule has 8 heteroatoms. The van der Waals surface area contributed by atoms with Gasteiger partial charge in [0.25, 0.3) is 0 Å². The van der Waals surface area contributed by atoms with Crippen molar-refractivity contribution >= 4 is 28.2 Å². The fourth-order valence-corrected chi connectivity index (χ4v) is 4.74. The number of rotatable bonds is 6. The van der Waals surface area contributed by atoms with Crippen LogP contribution in [0.1, 0.15) is 32.2 Å². The van der Waals surface area contributed by atoms with E-state index in [1.807, 2.05) is 67.0 Å². The van der Waals surface area contributed by atoms with Crippen LogP contribution in [-0.4, -0.2) is 54.3 Å². The molecule has 1 aliphatic heterocycles. The van der Waals surface area contributed by atoms with Crippen LogP contribution in [0, 0.1) is 0 Å². The zero-order chi connectivity index (χ0) is 27.4. The second-order valence-corrected chi connectivity index (χ2v) is 10.7. The van der Waals surface area contributed by atoms with Crippen LogP contribution in [-0.2, 0) is 16.7 Å². The largest absolute Gasteiger partial charge is 0.495 e. The number of amides is 2. The van der Waals surface area contributed by atoms with Gasteiger partial charge in [-0.3, -0.25) is 4.90 Å². The molecule has 4 aromatic rings. The fraction of sp³-hybridized carbons (Fsp3) is 0.323. The zero-order valence-electron chi connectivity index (χ0n) is 23.0. The van der Waals surface area contributed by atoms with Crippen molar-refractivity contribution in [3.63, 3.8) is 0 Å². The number of carbonyl (C=O) groups is 1. The number of ether oxygens (including phenoxy) is 2. The Kier molecular flexibility index (Phi) is 7.77. The van der Waals surface area contributed by atoms with Crippen molar-refractivity contribution < 1.29 is 14.3 Å². The molecule has 0 aliphatic carbocycles. The average molecular weight is 526 g/mol. The number of anilines is 2. The Morgan fingerprint density at radius 2 is 1.64 bits per heavy atom. The molecular weight excluding hydrogens is 490 g/mol. The van der Waals surface area contributed by atoms with Crippen LogP contribution in [0.5, 0.6) is 5.75 Å². The molecule has 1 fully saturated rings. The first kappa shape index (κ1) is 26.6. The Bertz CT molecular complexity index is 1460. The number of methoxy groups -OCH3 is 1. The molecule has 2 heterocycles. The number of nitrogens with zero attached hydrogens (tertiary/aromatic N) is 3. The highest BCUT2D eigenvalue weighted by Crippen LogP contribution is 2.34. The summed E-state index contributed by atoms with van der Waals surface area (Å²) in [5.74, 6) is 1.40. The number of aromatic nitrogens is 2. The van der Waals surface area contributed by atoms with Crippen molar-refractivity contribution in [1.29, 1.82) is 0 Å². The minimum absolute atomic E-state index is 0.0599. The standard InChI is InChI=1S/C31H35N5O3/c1-31(2,3)22-9-12-28(38-4)27(17-22)35-30(37)34-26-11-10-23(24-7-5-6-8-25(24)26)21-18-32-29(33-19-21)20-36-13-15-39-16-14-36/h5-12,17-19H,13-16,20H2,1-4H3,(H2,34,35,37). The second kappa shape index (κ2) is 11.4. The Morgan fingerprint density at radius 3 is 2.33 bits per heavy atom. The minimum Gasteiger partial charge on any atom is -0.495 e. The molecule has 1 aliphatic rings. The predicted molar refractivity (Wildman–Crippen MR) is 155 cm³/mol. The second-order valence-electron chi connectivity index (χ2n) is 10.7. The molecule has 1 aromatic heterocycles. The van der Waals surface area contributed by atoms with E-state index in [1.54, 1.807) is 7.11 Å². The van der Waals surface area contributed by atoms with Crippen LogP contribution >= 0.6 is 0 Å². The summed E-state index contributed by atoms with van der Waals surface area (Å²) >= 11 is 0. The molecule has 3 aromatic carbocycles. The first-order valence-electron chi connectivity index (χ1n) is 13.2. The summed E-state index contributed by atoms with van der Waals surface area (Å²) in [6.07, 6.45) is 3.75. The van der Waals surface area contributed by atoms with Gasteiger partial charge in [-0.25, -0.2) is 14.8 Å². The number of benzene rings is 3. The van der Waals surface area contributed by atoms with Crippen molar-refractivity contribution in [1.82, 2.24) is 14.9 Å². The lowest BCUT2D eigenvalue weighted by Gasteiger charge is -2.25. The van der Waals surface area contributed by atoms with Crippen LogP contribution in [0.2, 0.25) is 0 Å². The third-order valence-corrected chi connectivity index (χ3v) is 6.97. The lowest BCUT2D eigenvalue weighted by atomic mass is 9.87. The molecule has 0 atom stereocenters. The third-order valence-electron chi connectivity index (χ3n) is 6.97. The molecule has 0 unspecified atom stereocenters. The SMILES string of the molecule is COc1ccc(C(C)(C)C)cc1NC(=O)Nc1ccc(-c2cnc(CN3CCOCC3)nc2)c2ccccc12. The Labute approximate surface area is 229 Å². The van der Waals surface area contributed by atoms with E-state index < -0.39 is 0 Å². The number of carbonyl (C=O) groups excluding carboxylic acids is 1. The van der Waals surface area contributed by atoms with Gasteiger partial charge >= 0.3 is 6.03 Å². The fourth-order valence-electron chi connectivity index (χ4n) is 4.74. The number of hydrogen-bond donors (Lipinski definition) is 2. The summed E-state index contributed by atoms with van der Waals surface area (Å²) in [5.41, 5.74) is 4.31. The summed E-state index contributed by atoms with van der Waals surface area (Å²) in [7, 11) is 1.60. The van der Waals surface area contributed by atoms with E-state index >= 15 is 0 Å². The molecule has 39 heavy (non-hydrogen) atoms. The smallest absolute Gasteiger partial charge is 0.323 e. The van der Waals surface area contributed by atoms with Crippen LogP contribution in [0.4, 0.5) is 16.2 Å². The van der Waals surface area contributed by atoms with Crippen LogP contribution in [0.25, 0.3) is 21.9 Å². The molecule has 8 nitrogen and oxygen atoms in total. The lowest BCUT2D eigenvalue weighted by molar-refractivity contribution is 0.0330. The molecular formula is C31H35N5O3. The highest BCUT2D eigenvalue weighted by molar-refractivity contribution is 6.10. The van der Waals surface area contributed by atoms with E-state index in [-0.39, 0.29) is 11.4 Å². The molecule has 1 saturated heterocycles. The molecule has 0 spiro atoms. The summed E-state index contributed by atoms with van der Waals surface area (Å²) in [6.45, 7) is 10.4. The minimum atomic E-state index is -0.340. The highest BCUT2D eigenvalue weighted by Gasteiger charge is 2.18. The van der Waals surface area contributed by atoms with Crippen LogP contribution in [0.3, 0.4) is 0 Å². The number of hydrogen-bond acceptors (Lipinski definition) is 6. The van der Waals surface area contributed by atoms with Gasteiger partial charge in [-0.1, -0.05) is 57.2 Å². The monoisotopic (exact) mass is 525 g/mol. The van der Waals surface area contributed by atoms with E-state index in [4.69, 9.17) is 9.47 Å². The Balaban J connectivity index is 1.36. The summed E-state index contributed by atoms with van der Waals surface area (Å²) < 4.78 is 10.9. The van der Waals surface area contributed by atoms with Crippen LogP contribution in [0.15, 0.2) is 67.0 Å². The summed E-state index contributed by atoms with van der Waals surface area (Å²) in [6, 6.07) is 17.5. The Hall–Kier alpha value is -4.01. The lowest BCUT2D eigenvalue weighted by Crippen LogP contribution is -2.36. The van der Waals surface area contributed by atoms with E-state index in [0.717, 1.165) is 59.6 Å². The van der Waals surface area contributed by atoms with Gasteiger partial charge in [-0.15, -0.1) is 0 Å². The first-order valence-corrected chi connectivity index (χ1v) is 13.2. The molecule has 202 valence electrons. The van der Waals surface area contributed by atoms with Gasteiger partial charge in [-0.2, -0.15) is 0 Å². The molecule has 0 saturated carbocycles. The first-order chi connectivity index (χ1) is 18.8. The normalized spacial score (nSPS) is 14.3. The number of urea groups is 1. The molecule has 2 amide bonds. The summed E-state index contributed by atoms with van der Waals surface area (Å²) in [5, 5.41) is 7.93. The van der Waals surface area contributed by atoms with Gasteiger partial charge in [0, 0.05) is 36.4 Å². The average Bonchev–Trinajstić information content (AvgIpc) is 2.94. The van der Waals surface area contributed by atoms with Crippen LogP contribution < -0.4 is 15.4 Å². The van der Waals surface area contributed by atoms with Gasteiger partial charge in [0.05, 0.1) is 38.2 Å². The number of fused-ring (bicyclic) bond motifs is 1. The third kappa shape index (κ3) is 6.19. The molecule has 2 N–H and O–H groups in total. The van der Waals surface area contributed by atoms with Gasteiger partial charge in [-0.05, 0) is 40.1 Å². The van der Waals surface area contributed by atoms with Crippen molar-refractivity contribution in [2.45, 2.75) is 32.7 Å². The van der Waals surface area contributed by atoms with E-state index in [1.165, 1.54) is 0 Å². The molecule has 0 bridgehead atoms. The van der Waals surface area contributed by atoms with Gasteiger partial charge in [0.1, 0.15) is 11.6 Å². The van der Waals surface area contributed by atoms with Crippen molar-refractivity contribution in [3.8, 4) is 16.9 Å². The number of nitrogens with one attached hydrogen (secondary N) is 2. The molecule has 5 rings (SSSR count). The van der Waals surface area contributed by atoms with Gasteiger partial charge in [0.2, 0.25) is 0 Å². The van der Waals surface area contributed by atoms with E-state index in [2.05, 4.69) is 46.3 Å². The highest BCUT2D eigenvalue weighted by atomic mass is 16.5. The topological polar surface area (TPSA) is 88.6 Å². The van der Waals surface area contributed by atoms with Crippen molar-refractivity contribution in [3.05, 3.63) is 78.4 Å². The van der Waals surface area contributed by atoms with E-state index in [0.29, 0.717) is 23.7 Å². The maximum Gasteiger partial charge on any atom is 0.323 e. The van der Waals surface area contributed by atoms with Crippen molar-refractivity contribution in [2.75, 3.05) is 44.0 Å².